The third-order valence-corrected chi connectivity index (χ3v) is 7.35. The molecule has 0 aromatic heterocycles. The maximum atomic E-state index is 13.0. The molecule has 0 fully saturated rings. The first-order chi connectivity index (χ1) is 17.7. The number of phenols is 2. The Morgan fingerprint density at radius 3 is 2.30 bits per heavy atom. The minimum atomic E-state index is -4.00. The minimum absolute atomic E-state index is 0.00744. The van der Waals surface area contributed by atoms with Crippen molar-refractivity contribution in [2.24, 2.45) is 10.2 Å². The van der Waals surface area contributed by atoms with Gasteiger partial charge in [-0.1, -0.05) is 54.1 Å². The van der Waals surface area contributed by atoms with Crippen LogP contribution >= 0.6 is 11.6 Å². The summed E-state index contributed by atoms with van der Waals surface area (Å²) in [5.41, 5.74) is 0.214. The number of aromatic hydroxyl groups is 2. The predicted molar refractivity (Wildman–Crippen MR) is 142 cm³/mol. The highest BCUT2D eigenvalue weighted by Gasteiger charge is 2.19. The summed E-state index contributed by atoms with van der Waals surface area (Å²) in [5.74, 6) is -0.951. The molecule has 5 rings (SSSR count). The van der Waals surface area contributed by atoms with Gasteiger partial charge < -0.3 is 10.2 Å². The fourth-order valence-electron chi connectivity index (χ4n) is 3.87. The van der Waals surface area contributed by atoms with E-state index in [0.29, 0.717) is 21.2 Å². The molecule has 0 atom stereocenters. The van der Waals surface area contributed by atoms with Crippen LogP contribution in [0, 0.1) is 0 Å². The van der Waals surface area contributed by atoms with Crippen LogP contribution in [0.4, 0.5) is 11.4 Å². The smallest absolute Gasteiger partial charge is 0.295 e. The number of azo groups is 1. The molecular weight excluding hydrogens is 514 g/mol. The molecular formula is C27H18ClN3O5S. The van der Waals surface area contributed by atoms with Crippen molar-refractivity contribution in [1.29, 1.82) is 0 Å². The van der Waals surface area contributed by atoms with Crippen molar-refractivity contribution in [2.75, 3.05) is 4.72 Å². The summed E-state index contributed by atoms with van der Waals surface area (Å²) >= 11 is 5.87. The fourth-order valence-corrected chi connectivity index (χ4v) is 5.07. The number of carbonyl (C=O) groups is 1. The van der Waals surface area contributed by atoms with Crippen LogP contribution in [-0.2, 0) is 10.0 Å². The summed E-state index contributed by atoms with van der Waals surface area (Å²) in [4.78, 5) is 12.7. The second kappa shape index (κ2) is 9.53. The second-order valence-corrected chi connectivity index (χ2v) is 10.2. The van der Waals surface area contributed by atoms with Crippen LogP contribution in [0.1, 0.15) is 10.4 Å². The fraction of sp³-hybridized carbons (Fsp3) is 0. The largest absolute Gasteiger partial charge is 0.507 e. The lowest BCUT2D eigenvalue weighted by Crippen LogP contribution is -2.13. The number of sulfonamides is 1. The Bertz CT molecular complexity index is 1820. The molecule has 184 valence electrons. The number of halogens is 1. The third kappa shape index (κ3) is 4.82. The van der Waals surface area contributed by atoms with Gasteiger partial charge in [-0.25, -0.2) is 8.42 Å². The van der Waals surface area contributed by atoms with Crippen molar-refractivity contribution >= 4 is 60.5 Å². The Kier molecular flexibility index (Phi) is 6.24. The number of amides is 1. The van der Waals surface area contributed by atoms with E-state index in [2.05, 4.69) is 15.0 Å². The van der Waals surface area contributed by atoms with Gasteiger partial charge in [-0.05, 0) is 53.9 Å². The molecule has 5 aromatic carbocycles. The monoisotopic (exact) mass is 531 g/mol. The van der Waals surface area contributed by atoms with Gasteiger partial charge in [0.15, 0.2) is 5.75 Å². The van der Waals surface area contributed by atoms with Crippen molar-refractivity contribution in [1.82, 2.24) is 0 Å². The first-order valence-corrected chi connectivity index (χ1v) is 12.8. The van der Waals surface area contributed by atoms with E-state index in [9.17, 15) is 23.4 Å². The van der Waals surface area contributed by atoms with Gasteiger partial charge in [-0.2, -0.15) is 0 Å². The van der Waals surface area contributed by atoms with Gasteiger partial charge >= 0.3 is 0 Å². The molecule has 0 spiro atoms. The number of benzene rings is 5. The topological polar surface area (TPSA) is 128 Å². The van der Waals surface area contributed by atoms with Gasteiger partial charge in [-0.15, -0.1) is 10.2 Å². The highest BCUT2D eigenvalue weighted by atomic mass is 35.5. The Labute approximate surface area is 216 Å². The number of nitrogens with one attached hydrogen (secondary N) is 1. The number of fused-ring (bicyclic) bond motifs is 2. The predicted octanol–water partition coefficient (Wildman–Crippen LogP) is 6.78. The van der Waals surface area contributed by atoms with E-state index in [4.69, 9.17) is 11.6 Å². The van der Waals surface area contributed by atoms with E-state index in [1.807, 2.05) is 0 Å². The minimum Gasteiger partial charge on any atom is -0.507 e. The van der Waals surface area contributed by atoms with Gasteiger partial charge in [-0.3, -0.25) is 9.52 Å². The number of carbonyl (C=O) groups excluding carboxylic acids is 1. The summed E-state index contributed by atoms with van der Waals surface area (Å²) < 4.78 is 28.5. The van der Waals surface area contributed by atoms with Crippen molar-refractivity contribution in [3.8, 4) is 11.5 Å². The number of hydrogen-bond acceptors (Lipinski definition) is 6. The lowest BCUT2D eigenvalue weighted by Gasteiger charge is -2.13. The van der Waals surface area contributed by atoms with Crippen molar-refractivity contribution < 1.29 is 23.4 Å². The van der Waals surface area contributed by atoms with Gasteiger partial charge in [0.05, 0.1) is 10.6 Å². The highest BCUT2D eigenvalue weighted by Crippen LogP contribution is 2.40. The second-order valence-electron chi connectivity index (χ2n) is 8.12. The average Bonchev–Trinajstić information content (AvgIpc) is 2.89. The first kappa shape index (κ1) is 24.2. The number of hydrogen-bond donors (Lipinski definition) is 3. The van der Waals surface area contributed by atoms with E-state index in [1.165, 1.54) is 42.5 Å². The van der Waals surface area contributed by atoms with Crippen LogP contribution in [0.5, 0.6) is 11.5 Å². The Hall–Kier alpha value is -4.47. The summed E-state index contributed by atoms with van der Waals surface area (Å²) in [6.07, 6.45) is 0. The summed E-state index contributed by atoms with van der Waals surface area (Å²) in [6.45, 7) is 0. The van der Waals surface area contributed by atoms with E-state index >= 15 is 0 Å². The number of nitrogens with zero attached hydrogens (tertiary/aromatic N) is 2. The molecule has 0 saturated heterocycles. The molecule has 37 heavy (non-hydrogen) atoms. The van der Waals surface area contributed by atoms with Crippen molar-refractivity contribution in [3.63, 3.8) is 0 Å². The van der Waals surface area contributed by atoms with Crippen LogP contribution in [0.25, 0.3) is 21.5 Å². The van der Waals surface area contributed by atoms with Gasteiger partial charge in [0.1, 0.15) is 11.4 Å². The molecule has 0 aliphatic carbocycles. The van der Waals surface area contributed by atoms with E-state index in [0.717, 1.165) is 5.39 Å². The number of anilines is 1. The Balaban J connectivity index is 1.53. The molecule has 0 unspecified atom stereocenters. The molecule has 3 N–H and O–H groups in total. The van der Waals surface area contributed by atoms with Crippen LogP contribution in [-0.4, -0.2) is 24.5 Å². The summed E-state index contributed by atoms with van der Waals surface area (Å²) in [7, 11) is -4.00. The standard InChI is InChI=1S/C27H18ClN3O5S/c28-18-10-12-19(13-11-18)37(35,36)31-23-15-24(26(33)21-6-2-1-5-20(21)23)29-30-27(34)17-9-8-16-4-3-7-25(32)22(16)14-17/h1-15,31-33H. The Morgan fingerprint density at radius 1 is 0.811 bits per heavy atom. The van der Waals surface area contributed by atoms with Crippen LogP contribution in [0.2, 0.25) is 5.02 Å². The number of phenolic OH excluding ortho intramolecular Hbond substituents is 2. The van der Waals surface area contributed by atoms with Gasteiger partial charge in [0, 0.05) is 26.7 Å². The lowest BCUT2D eigenvalue weighted by atomic mass is 10.1. The van der Waals surface area contributed by atoms with Crippen LogP contribution in [0.3, 0.4) is 0 Å². The molecule has 0 radical (unpaired) electrons. The lowest BCUT2D eigenvalue weighted by molar-refractivity contribution is 0.0995. The molecule has 1 amide bonds. The zero-order chi connectivity index (χ0) is 26.2. The molecule has 5 aromatic rings. The SMILES string of the molecule is O=C(N=Nc1cc(NS(=O)(=O)c2ccc(Cl)cc2)c2ccccc2c1O)c1ccc2cccc(O)c2c1. The molecule has 0 bridgehead atoms. The van der Waals surface area contributed by atoms with Gasteiger partial charge in [0.25, 0.3) is 15.9 Å². The van der Waals surface area contributed by atoms with Crippen LogP contribution < -0.4 is 4.72 Å². The summed E-state index contributed by atoms with van der Waals surface area (Å²) in [5, 5.41) is 30.9. The molecule has 0 saturated carbocycles. The van der Waals surface area contributed by atoms with E-state index in [-0.39, 0.29) is 33.3 Å². The normalized spacial score (nSPS) is 11.8. The zero-order valence-corrected chi connectivity index (χ0v) is 20.5. The van der Waals surface area contributed by atoms with E-state index < -0.39 is 15.9 Å². The quantitative estimate of drug-likeness (QED) is 0.170. The van der Waals surface area contributed by atoms with E-state index in [1.54, 1.807) is 48.5 Å². The van der Waals surface area contributed by atoms with Gasteiger partial charge in [0.2, 0.25) is 0 Å². The number of rotatable bonds is 5. The van der Waals surface area contributed by atoms with Crippen molar-refractivity contribution in [3.05, 3.63) is 102 Å². The zero-order valence-electron chi connectivity index (χ0n) is 19.0. The molecule has 0 aliphatic heterocycles. The molecule has 0 aliphatic rings. The Morgan fingerprint density at radius 2 is 1.54 bits per heavy atom. The molecule has 8 nitrogen and oxygen atoms in total. The highest BCUT2D eigenvalue weighted by molar-refractivity contribution is 7.92. The average molecular weight is 532 g/mol. The maximum absolute atomic E-state index is 13.0. The molecule has 10 heteroatoms. The summed E-state index contributed by atoms with van der Waals surface area (Å²) in [6, 6.07) is 23.3. The van der Waals surface area contributed by atoms with Crippen LogP contribution in [0.15, 0.2) is 106 Å². The third-order valence-electron chi connectivity index (χ3n) is 5.72. The first-order valence-electron chi connectivity index (χ1n) is 10.9. The maximum Gasteiger partial charge on any atom is 0.295 e. The molecule has 0 heterocycles. The van der Waals surface area contributed by atoms with Crippen molar-refractivity contribution in [2.45, 2.75) is 4.90 Å².